The fourth-order valence-electron chi connectivity index (χ4n) is 3.55. The average molecular weight is 245 g/mol. The summed E-state index contributed by atoms with van der Waals surface area (Å²) in [6.45, 7) is 0. The zero-order valence-corrected chi connectivity index (χ0v) is 10.4. The number of aliphatic carboxylic acids is 1. The van der Waals surface area contributed by atoms with Crippen molar-refractivity contribution in [2.75, 3.05) is 0 Å². The molecule has 1 saturated heterocycles. The van der Waals surface area contributed by atoms with E-state index >= 15 is 0 Å². The Balaban J connectivity index is 1.69. The highest BCUT2D eigenvalue weighted by atomic mass is 16.4. The third kappa shape index (κ3) is 2.15. The number of rotatable bonds is 2. The molecule has 3 heteroatoms. The molecule has 1 aliphatic heterocycles. The molecule has 1 heterocycles. The quantitative estimate of drug-likeness (QED) is 0.841. The van der Waals surface area contributed by atoms with Gasteiger partial charge in [-0.05, 0) is 43.1 Å². The molecule has 3 nitrogen and oxygen atoms in total. The van der Waals surface area contributed by atoms with Gasteiger partial charge in [0, 0.05) is 6.04 Å². The molecule has 18 heavy (non-hydrogen) atoms. The lowest BCUT2D eigenvalue weighted by molar-refractivity contribution is -0.139. The third-order valence-electron chi connectivity index (χ3n) is 4.52. The van der Waals surface area contributed by atoms with Crippen molar-refractivity contribution in [1.29, 1.82) is 0 Å². The number of hydrogen-bond donors (Lipinski definition) is 2. The lowest BCUT2D eigenvalue weighted by Gasteiger charge is -2.31. The van der Waals surface area contributed by atoms with Crippen molar-refractivity contribution in [1.82, 2.24) is 5.32 Å². The summed E-state index contributed by atoms with van der Waals surface area (Å²) in [4.78, 5) is 11.0. The molecule has 0 spiro atoms. The van der Waals surface area contributed by atoms with Crippen LogP contribution in [0.1, 0.15) is 37.2 Å². The molecule has 1 aromatic carbocycles. The van der Waals surface area contributed by atoms with E-state index in [2.05, 4.69) is 29.6 Å². The molecule has 1 aliphatic carbocycles. The average Bonchev–Trinajstić information content (AvgIpc) is 2.82. The van der Waals surface area contributed by atoms with E-state index in [1.807, 2.05) is 6.07 Å². The molecule has 0 aromatic heterocycles. The van der Waals surface area contributed by atoms with Crippen molar-refractivity contribution in [3.8, 4) is 0 Å². The molecule has 0 bridgehead atoms. The fraction of sp³-hybridized carbons (Fsp3) is 0.533. The Morgan fingerprint density at radius 3 is 2.67 bits per heavy atom. The second-order valence-corrected chi connectivity index (χ2v) is 5.58. The molecule has 2 aliphatic rings. The van der Waals surface area contributed by atoms with Crippen LogP contribution in [-0.4, -0.2) is 23.2 Å². The van der Waals surface area contributed by atoms with E-state index in [1.54, 1.807) is 0 Å². The van der Waals surface area contributed by atoms with Crippen molar-refractivity contribution < 1.29 is 9.90 Å². The van der Waals surface area contributed by atoms with Crippen molar-refractivity contribution in [3.63, 3.8) is 0 Å². The van der Waals surface area contributed by atoms with Crippen LogP contribution in [0.5, 0.6) is 0 Å². The van der Waals surface area contributed by atoms with E-state index in [1.165, 1.54) is 12.0 Å². The van der Waals surface area contributed by atoms with Gasteiger partial charge in [-0.2, -0.15) is 0 Å². The van der Waals surface area contributed by atoms with E-state index < -0.39 is 5.97 Å². The van der Waals surface area contributed by atoms with Crippen LogP contribution in [-0.2, 0) is 4.79 Å². The normalized spacial score (nSPS) is 35.1. The summed E-state index contributed by atoms with van der Waals surface area (Å²) >= 11 is 0. The second kappa shape index (κ2) is 4.73. The van der Waals surface area contributed by atoms with E-state index in [4.69, 9.17) is 5.11 Å². The number of carboxylic acids is 1. The molecular formula is C15H19NO2. The first-order chi connectivity index (χ1) is 8.74. The first-order valence-electron chi connectivity index (χ1n) is 6.78. The molecule has 3 rings (SSSR count). The van der Waals surface area contributed by atoms with Crippen LogP contribution in [0, 0.1) is 5.92 Å². The minimum absolute atomic E-state index is 0.325. The zero-order chi connectivity index (χ0) is 12.5. The number of hydrogen-bond acceptors (Lipinski definition) is 2. The van der Waals surface area contributed by atoms with Crippen LogP contribution in [0.2, 0.25) is 0 Å². The zero-order valence-electron chi connectivity index (χ0n) is 10.4. The van der Waals surface area contributed by atoms with Crippen molar-refractivity contribution in [2.45, 2.75) is 43.7 Å². The monoisotopic (exact) mass is 245 g/mol. The number of nitrogens with one attached hydrogen (secondary N) is 1. The van der Waals surface area contributed by atoms with Crippen LogP contribution < -0.4 is 5.32 Å². The van der Waals surface area contributed by atoms with Gasteiger partial charge < -0.3 is 10.4 Å². The van der Waals surface area contributed by atoms with Crippen molar-refractivity contribution >= 4 is 5.97 Å². The van der Waals surface area contributed by atoms with Gasteiger partial charge in [-0.15, -0.1) is 0 Å². The highest BCUT2D eigenvalue weighted by Gasteiger charge is 2.40. The van der Waals surface area contributed by atoms with Gasteiger partial charge in [0.15, 0.2) is 0 Å². The molecular weight excluding hydrogens is 226 g/mol. The summed E-state index contributed by atoms with van der Waals surface area (Å²) < 4.78 is 0. The van der Waals surface area contributed by atoms with Gasteiger partial charge in [0.25, 0.3) is 0 Å². The van der Waals surface area contributed by atoms with Gasteiger partial charge >= 0.3 is 5.97 Å². The first kappa shape index (κ1) is 11.7. The maximum Gasteiger partial charge on any atom is 0.320 e. The Kier molecular flexibility index (Phi) is 3.08. The van der Waals surface area contributed by atoms with Crippen LogP contribution in [0.3, 0.4) is 0 Å². The predicted molar refractivity (Wildman–Crippen MR) is 69.5 cm³/mol. The molecule has 1 aromatic rings. The van der Waals surface area contributed by atoms with Crippen molar-refractivity contribution in [3.05, 3.63) is 35.9 Å². The largest absolute Gasteiger partial charge is 0.480 e. The highest BCUT2D eigenvalue weighted by Crippen LogP contribution is 2.40. The van der Waals surface area contributed by atoms with E-state index in [9.17, 15) is 4.79 Å². The third-order valence-corrected chi connectivity index (χ3v) is 4.52. The molecule has 2 N–H and O–H groups in total. The van der Waals surface area contributed by atoms with Gasteiger partial charge in [-0.25, -0.2) is 0 Å². The van der Waals surface area contributed by atoms with Gasteiger partial charge in [0.1, 0.15) is 6.04 Å². The Hall–Kier alpha value is -1.35. The highest BCUT2D eigenvalue weighted by molar-refractivity contribution is 5.74. The van der Waals surface area contributed by atoms with Crippen LogP contribution in [0.4, 0.5) is 0 Å². The Labute approximate surface area is 107 Å². The van der Waals surface area contributed by atoms with E-state index in [0.717, 1.165) is 19.3 Å². The summed E-state index contributed by atoms with van der Waals surface area (Å²) in [5.41, 5.74) is 1.40. The Morgan fingerprint density at radius 1 is 1.17 bits per heavy atom. The summed E-state index contributed by atoms with van der Waals surface area (Å²) in [6, 6.07) is 10.7. The smallest absolute Gasteiger partial charge is 0.320 e. The molecule has 4 unspecified atom stereocenters. The first-order valence-corrected chi connectivity index (χ1v) is 6.78. The topological polar surface area (TPSA) is 49.3 Å². The van der Waals surface area contributed by atoms with Gasteiger partial charge in [0.05, 0.1) is 0 Å². The summed E-state index contributed by atoms with van der Waals surface area (Å²) in [7, 11) is 0. The molecule has 1 saturated carbocycles. The van der Waals surface area contributed by atoms with Crippen molar-refractivity contribution in [2.24, 2.45) is 5.92 Å². The SMILES string of the molecule is O=C(O)C1CC2CCC(c3ccccc3)CC2N1. The second-order valence-electron chi connectivity index (χ2n) is 5.58. The molecule has 96 valence electrons. The summed E-state index contributed by atoms with van der Waals surface area (Å²) in [6.07, 6.45) is 4.24. The van der Waals surface area contributed by atoms with E-state index in [-0.39, 0.29) is 6.04 Å². The maximum absolute atomic E-state index is 11.0. The molecule has 0 radical (unpaired) electrons. The fourth-order valence-corrected chi connectivity index (χ4v) is 3.55. The standard InChI is InChI=1S/C15H19NO2/c17-15(18)14-9-12-7-6-11(8-13(12)16-14)10-4-2-1-3-5-10/h1-5,11-14,16H,6-9H2,(H,17,18). The van der Waals surface area contributed by atoms with Gasteiger partial charge in [-0.1, -0.05) is 30.3 Å². The minimum Gasteiger partial charge on any atom is -0.480 e. The molecule has 0 amide bonds. The number of carbonyl (C=O) groups is 1. The van der Waals surface area contributed by atoms with Crippen LogP contribution >= 0.6 is 0 Å². The number of benzene rings is 1. The summed E-state index contributed by atoms with van der Waals surface area (Å²) in [5.74, 6) is 0.458. The van der Waals surface area contributed by atoms with Gasteiger partial charge in [-0.3, -0.25) is 4.79 Å². The predicted octanol–water partition coefficient (Wildman–Crippen LogP) is 2.39. The van der Waals surface area contributed by atoms with Crippen LogP contribution in [0.25, 0.3) is 0 Å². The lowest BCUT2D eigenvalue weighted by atomic mass is 9.76. The maximum atomic E-state index is 11.0. The lowest BCUT2D eigenvalue weighted by Crippen LogP contribution is -2.38. The van der Waals surface area contributed by atoms with E-state index in [0.29, 0.717) is 17.9 Å². The van der Waals surface area contributed by atoms with Crippen LogP contribution in [0.15, 0.2) is 30.3 Å². The summed E-state index contributed by atoms with van der Waals surface area (Å²) in [5, 5.41) is 12.4. The van der Waals surface area contributed by atoms with Gasteiger partial charge in [0.2, 0.25) is 0 Å². The number of carboxylic acid groups (broad SMARTS) is 1. The number of fused-ring (bicyclic) bond motifs is 1. The molecule has 2 fully saturated rings. The molecule has 4 atom stereocenters. The minimum atomic E-state index is -0.694. The Morgan fingerprint density at radius 2 is 1.94 bits per heavy atom. The Bertz CT molecular complexity index is 431.